The summed E-state index contributed by atoms with van der Waals surface area (Å²) in [7, 11) is 1.39. The highest BCUT2D eigenvalue weighted by Crippen LogP contribution is 2.36. The van der Waals surface area contributed by atoms with E-state index >= 15 is 0 Å². The van der Waals surface area contributed by atoms with Crippen LogP contribution in [0, 0.1) is 0 Å². The number of fused-ring (bicyclic) bond motifs is 3. The van der Waals surface area contributed by atoms with E-state index in [-0.39, 0.29) is 18.0 Å². The summed E-state index contributed by atoms with van der Waals surface area (Å²) in [5, 5.41) is 4.47. The van der Waals surface area contributed by atoms with Crippen molar-refractivity contribution in [2.24, 2.45) is 0 Å². The Hall–Kier alpha value is -3.12. The molecule has 2 atom stereocenters. The van der Waals surface area contributed by atoms with Gasteiger partial charge < -0.3 is 14.5 Å². The van der Waals surface area contributed by atoms with Crippen molar-refractivity contribution in [2.75, 3.05) is 7.11 Å². The molecule has 0 aliphatic carbocycles. The van der Waals surface area contributed by atoms with Gasteiger partial charge in [-0.3, -0.25) is 14.9 Å². The molecule has 0 saturated heterocycles. The molecule has 2 heterocycles. The predicted octanol–water partition coefficient (Wildman–Crippen LogP) is 2.87. The van der Waals surface area contributed by atoms with Crippen molar-refractivity contribution in [3.8, 4) is 5.75 Å². The normalized spacial score (nSPS) is 18.7. The number of aromatic nitrogens is 1. The van der Waals surface area contributed by atoms with Gasteiger partial charge in [-0.1, -0.05) is 30.3 Å². The lowest BCUT2D eigenvalue weighted by atomic mass is 9.90. The maximum atomic E-state index is 12.3. The van der Waals surface area contributed by atoms with Gasteiger partial charge in [0.15, 0.2) is 0 Å². The zero-order valence-corrected chi connectivity index (χ0v) is 15.1. The van der Waals surface area contributed by atoms with Crippen molar-refractivity contribution < 1.29 is 19.1 Å². The first-order valence-corrected chi connectivity index (χ1v) is 8.78. The van der Waals surface area contributed by atoms with Crippen molar-refractivity contribution >= 4 is 22.8 Å². The zero-order valence-electron chi connectivity index (χ0n) is 15.1. The maximum absolute atomic E-state index is 12.3. The predicted molar refractivity (Wildman–Crippen MR) is 101 cm³/mol. The summed E-state index contributed by atoms with van der Waals surface area (Å²) in [5.41, 5.74) is 4.03. The number of ether oxygens (including phenoxy) is 2. The minimum Gasteiger partial charge on any atom is -0.468 e. The van der Waals surface area contributed by atoms with Gasteiger partial charge in [-0.2, -0.15) is 0 Å². The van der Waals surface area contributed by atoms with E-state index in [4.69, 9.17) is 9.47 Å². The summed E-state index contributed by atoms with van der Waals surface area (Å²) in [4.78, 5) is 27.0. The molecule has 138 valence electrons. The molecular formula is C21H20N2O4. The number of nitrogens with one attached hydrogen (secondary N) is 2. The van der Waals surface area contributed by atoms with Crippen molar-refractivity contribution in [3.05, 3.63) is 65.4 Å². The molecule has 27 heavy (non-hydrogen) atoms. The Morgan fingerprint density at radius 2 is 1.93 bits per heavy atom. The molecule has 0 radical (unpaired) electrons. The van der Waals surface area contributed by atoms with Crippen molar-refractivity contribution in [2.45, 2.75) is 25.4 Å². The van der Waals surface area contributed by atoms with E-state index in [1.165, 1.54) is 14.0 Å². The second kappa shape index (κ2) is 6.89. The molecule has 1 aromatic heterocycles. The van der Waals surface area contributed by atoms with Gasteiger partial charge in [0.2, 0.25) is 0 Å². The number of hydrogen-bond donors (Lipinski definition) is 2. The number of hydrogen-bond acceptors (Lipinski definition) is 5. The van der Waals surface area contributed by atoms with E-state index in [9.17, 15) is 9.59 Å². The lowest BCUT2D eigenvalue weighted by molar-refractivity contribution is -0.143. The molecule has 6 nitrogen and oxygen atoms in total. The van der Waals surface area contributed by atoms with E-state index < -0.39 is 6.04 Å². The fourth-order valence-corrected chi connectivity index (χ4v) is 3.71. The second-order valence-corrected chi connectivity index (χ2v) is 6.61. The number of carbonyl (C=O) groups excluding carboxylic acids is 2. The first-order chi connectivity index (χ1) is 13.1. The summed E-state index contributed by atoms with van der Waals surface area (Å²) in [6.45, 7) is 1.37. The third-order valence-electron chi connectivity index (χ3n) is 4.85. The van der Waals surface area contributed by atoms with Crippen LogP contribution in [0.2, 0.25) is 0 Å². The molecule has 0 unspecified atom stereocenters. The highest BCUT2D eigenvalue weighted by molar-refractivity contribution is 5.87. The smallest absolute Gasteiger partial charge is 0.323 e. The number of para-hydroxylation sites is 1. The third-order valence-corrected chi connectivity index (χ3v) is 4.85. The average Bonchev–Trinajstić information content (AvgIpc) is 3.05. The minimum absolute atomic E-state index is 0.249. The van der Waals surface area contributed by atoms with Crippen LogP contribution in [0.15, 0.2) is 48.5 Å². The summed E-state index contributed by atoms with van der Waals surface area (Å²) in [5.74, 6) is -0.200. The SMILES string of the molecule is COC(=O)[C@H]1Cc2c([nH]c3ccccc23)[C@@H](c2cccc(OC(C)=O)c2)N1. The Labute approximate surface area is 156 Å². The topological polar surface area (TPSA) is 80.4 Å². The van der Waals surface area contributed by atoms with Crippen LogP contribution in [-0.2, 0) is 20.7 Å². The number of methoxy groups -OCH3 is 1. The van der Waals surface area contributed by atoms with Gasteiger partial charge >= 0.3 is 11.9 Å². The Kier molecular flexibility index (Phi) is 4.41. The van der Waals surface area contributed by atoms with Crippen LogP contribution >= 0.6 is 0 Å². The van der Waals surface area contributed by atoms with Crippen LogP contribution in [0.5, 0.6) is 5.75 Å². The number of esters is 2. The molecule has 0 bridgehead atoms. The summed E-state index contributed by atoms with van der Waals surface area (Å²) in [6.07, 6.45) is 0.548. The summed E-state index contributed by atoms with van der Waals surface area (Å²) in [6, 6.07) is 14.7. The Morgan fingerprint density at radius 3 is 2.70 bits per heavy atom. The lowest BCUT2D eigenvalue weighted by Gasteiger charge is -2.30. The van der Waals surface area contributed by atoms with E-state index in [0.717, 1.165) is 27.7 Å². The zero-order chi connectivity index (χ0) is 19.0. The molecule has 4 rings (SSSR count). The first kappa shape index (κ1) is 17.3. The van der Waals surface area contributed by atoms with Crippen LogP contribution in [0.1, 0.15) is 29.8 Å². The van der Waals surface area contributed by atoms with Crippen LogP contribution in [0.4, 0.5) is 0 Å². The molecule has 0 amide bonds. The molecule has 1 aliphatic rings. The maximum Gasteiger partial charge on any atom is 0.323 e. The van der Waals surface area contributed by atoms with Crippen LogP contribution in [-0.4, -0.2) is 30.1 Å². The quantitative estimate of drug-likeness (QED) is 0.552. The van der Waals surface area contributed by atoms with Gasteiger partial charge in [0.1, 0.15) is 11.8 Å². The number of H-pyrrole nitrogens is 1. The first-order valence-electron chi connectivity index (χ1n) is 8.78. The van der Waals surface area contributed by atoms with Gasteiger partial charge in [-0.05, 0) is 29.3 Å². The van der Waals surface area contributed by atoms with E-state index in [2.05, 4.69) is 16.4 Å². The van der Waals surface area contributed by atoms with E-state index in [0.29, 0.717) is 12.2 Å². The fraction of sp³-hybridized carbons (Fsp3) is 0.238. The van der Waals surface area contributed by atoms with Gasteiger partial charge in [0.25, 0.3) is 0 Å². The van der Waals surface area contributed by atoms with Crippen LogP contribution in [0.25, 0.3) is 10.9 Å². The third kappa shape index (κ3) is 3.19. The molecule has 1 aliphatic heterocycles. The van der Waals surface area contributed by atoms with Gasteiger partial charge in [0.05, 0.1) is 13.2 Å². The minimum atomic E-state index is -0.455. The molecule has 0 fully saturated rings. The number of carbonyl (C=O) groups is 2. The van der Waals surface area contributed by atoms with Crippen LogP contribution in [0.3, 0.4) is 0 Å². The summed E-state index contributed by atoms with van der Waals surface area (Å²) < 4.78 is 10.2. The van der Waals surface area contributed by atoms with Gasteiger partial charge in [0, 0.05) is 29.9 Å². The molecule has 3 aromatic rings. The fourth-order valence-electron chi connectivity index (χ4n) is 3.71. The average molecular weight is 364 g/mol. The van der Waals surface area contributed by atoms with Gasteiger partial charge in [-0.25, -0.2) is 0 Å². The lowest BCUT2D eigenvalue weighted by Crippen LogP contribution is -2.45. The van der Waals surface area contributed by atoms with E-state index in [1.54, 1.807) is 6.07 Å². The largest absolute Gasteiger partial charge is 0.468 e. The Bertz CT molecular complexity index is 1020. The second-order valence-electron chi connectivity index (χ2n) is 6.61. The van der Waals surface area contributed by atoms with Crippen molar-refractivity contribution in [1.29, 1.82) is 0 Å². The molecule has 2 N–H and O–H groups in total. The molecular weight excluding hydrogens is 344 g/mol. The van der Waals surface area contributed by atoms with E-state index in [1.807, 2.05) is 36.4 Å². The Balaban J connectivity index is 1.82. The van der Waals surface area contributed by atoms with Gasteiger partial charge in [-0.15, -0.1) is 0 Å². The highest BCUT2D eigenvalue weighted by atomic mass is 16.5. The van der Waals surface area contributed by atoms with Crippen molar-refractivity contribution in [1.82, 2.24) is 10.3 Å². The number of rotatable bonds is 3. The molecule has 0 spiro atoms. The summed E-state index contributed by atoms with van der Waals surface area (Å²) >= 11 is 0. The molecule has 6 heteroatoms. The Morgan fingerprint density at radius 1 is 1.11 bits per heavy atom. The molecule has 0 saturated carbocycles. The number of aromatic amines is 1. The molecule has 2 aromatic carbocycles. The standard InChI is InChI=1S/C21H20N2O4/c1-12(24)27-14-7-5-6-13(10-14)19-20-16(11-18(23-19)21(25)26-2)15-8-3-4-9-17(15)22-20/h3-10,18-19,22-23H,11H2,1-2H3/t18-,19-/m1/s1. The monoisotopic (exact) mass is 364 g/mol. The number of benzene rings is 2. The van der Waals surface area contributed by atoms with Crippen LogP contribution < -0.4 is 10.1 Å². The highest BCUT2D eigenvalue weighted by Gasteiger charge is 2.34. The van der Waals surface area contributed by atoms with Crippen molar-refractivity contribution in [3.63, 3.8) is 0 Å².